The van der Waals surface area contributed by atoms with Crippen molar-refractivity contribution in [2.24, 2.45) is 0 Å². The van der Waals surface area contributed by atoms with Gasteiger partial charge in [-0.15, -0.1) is 0 Å². The molecular formula is C16H20ClN3O3. The van der Waals surface area contributed by atoms with Crippen molar-refractivity contribution in [1.29, 1.82) is 0 Å². The summed E-state index contributed by atoms with van der Waals surface area (Å²) in [5.74, 6) is -0.799. The fraction of sp³-hybridized carbons (Fsp3) is 0.438. The first-order valence-electron chi connectivity index (χ1n) is 7.53. The Kier molecular flexibility index (Phi) is 4.94. The van der Waals surface area contributed by atoms with Crippen LogP contribution in [0.1, 0.15) is 32.3 Å². The number of carbonyl (C=O) groups excluding carboxylic acids is 3. The van der Waals surface area contributed by atoms with Crippen LogP contribution in [0.2, 0.25) is 5.02 Å². The van der Waals surface area contributed by atoms with Crippen molar-refractivity contribution >= 4 is 35.1 Å². The molecule has 1 aromatic carbocycles. The molecule has 2 rings (SSSR count). The lowest BCUT2D eigenvalue weighted by Gasteiger charge is -2.23. The van der Waals surface area contributed by atoms with Gasteiger partial charge in [0.1, 0.15) is 12.1 Å². The highest BCUT2D eigenvalue weighted by Crippen LogP contribution is 2.25. The number of aryl methyl sites for hydroxylation is 1. The molecule has 1 aliphatic rings. The molecule has 2 N–H and O–H groups in total. The molecular weight excluding hydrogens is 318 g/mol. The van der Waals surface area contributed by atoms with Gasteiger partial charge >= 0.3 is 6.03 Å². The number of anilines is 1. The molecule has 6 nitrogen and oxygen atoms in total. The van der Waals surface area contributed by atoms with Crippen LogP contribution in [0.15, 0.2) is 18.2 Å². The predicted octanol–water partition coefficient (Wildman–Crippen LogP) is 2.70. The molecule has 23 heavy (non-hydrogen) atoms. The summed E-state index contributed by atoms with van der Waals surface area (Å²) < 4.78 is 0. The molecule has 0 aromatic heterocycles. The van der Waals surface area contributed by atoms with E-state index in [2.05, 4.69) is 10.6 Å². The van der Waals surface area contributed by atoms with Crippen molar-refractivity contribution < 1.29 is 14.4 Å². The molecule has 0 unspecified atom stereocenters. The van der Waals surface area contributed by atoms with Crippen LogP contribution in [-0.2, 0) is 9.59 Å². The van der Waals surface area contributed by atoms with Gasteiger partial charge in [-0.3, -0.25) is 14.5 Å². The first kappa shape index (κ1) is 17.3. The van der Waals surface area contributed by atoms with E-state index in [1.807, 2.05) is 20.8 Å². The summed E-state index contributed by atoms with van der Waals surface area (Å²) in [6.45, 7) is 5.18. The average molecular weight is 338 g/mol. The Labute approximate surface area is 140 Å². The fourth-order valence-electron chi connectivity index (χ4n) is 2.61. The SMILES string of the molecule is CCC1(CC)NC(=O)N(CC(=O)Nc2cc(Cl)ccc2C)C1=O. The Balaban J connectivity index is 2.10. The predicted molar refractivity (Wildman–Crippen MR) is 88.4 cm³/mol. The molecule has 7 heteroatoms. The third-order valence-corrected chi connectivity index (χ3v) is 4.46. The lowest BCUT2D eigenvalue weighted by atomic mass is 9.93. The smallest absolute Gasteiger partial charge is 0.324 e. The lowest BCUT2D eigenvalue weighted by Crippen LogP contribution is -2.46. The zero-order chi connectivity index (χ0) is 17.2. The van der Waals surface area contributed by atoms with Crippen LogP contribution in [0.3, 0.4) is 0 Å². The summed E-state index contributed by atoms with van der Waals surface area (Å²) >= 11 is 5.91. The van der Waals surface area contributed by atoms with E-state index in [-0.39, 0.29) is 12.5 Å². The van der Waals surface area contributed by atoms with Crippen LogP contribution in [0.5, 0.6) is 0 Å². The van der Waals surface area contributed by atoms with Crippen LogP contribution in [0.25, 0.3) is 0 Å². The van der Waals surface area contributed by atoms with Crippen molar-refractivity contribution in [3.8, 4) is 0 Å². The molecule has 0 aliphatic carbocycles. The van der Waals surface area contributed by atoms with Crippen LogP contribution in [-0.4, -0.2) is 34.8 Å². The molecule has 1 heterocycles. The van der Waals surface area contributed by atoms with E-state index >= 15 is 0 Å². The number of hydrogen-bond donors (Lipinski definition) is 2. The molecule has 124 valence electrons. The van der Waals surface area contributed by atoms with E-state index in [9.17, 15) is 14.4 Å². The van der Waals surface area contributed by atoms with Crippen molar-refractivity contribution in [1.82, 2.24) is 10.2 Å². The third-order valence-electron chi connectivity index (χ3n) is 4.23. The van der Waals surface area contributed by atoms with E-state index in [0.29, 0.717) is 23.6 Å². The summed E-state index contributed by atoms with van der Waals surface area (Å²) in [5.41, 5.74) is 0.506. The highest BCUT2D eigenvalue weighted by atomic mass is 35.5. The maximum atomic E-state index is 12.5. The van der Waals surface area contributed by atoms with Crippen LogP contribution >= 0.6 is 11.6 Å². The maximum absolute atomic E-state index is 12.5. The largest absolute Gasteiger partial charge is 0.325 e. The van der Waals surface area contributed by atoms with Crippen molar-refractivity contribution in [2.75, 3.05) is 11.9 Å². The second kappa shape index (κ2) is 6.58. The fourth-order valence-corrected chi connectivity index (χ4v) is 2.78. The first-order valence-corrected chi connectivity index (χ1v) is 7.91. The van der Waals surface area contributed by atoms with Crippen molar-refractivity contribution in [3.63, 3.8) is 0 Å². The molecule has 1 saturated heterocycles. The van der Waals surface area contributed by atoms with Crippen molar-refractivity contribution in [3.05, 3.63) is 28.8 Å². The molecule has 1 aliphatic heterocycles. The number of imide groups is 1. The van der Waals surface area contributed by atoms with Gasteiger partial charge in [0.05, 0.1) is 0 Å². The highest BCUT2D eigenvalue weighted by Gasteiger charge is 2.49. The van der Waals surface area contributed by atoms with Gasteiger partial charge in [-0.25, -0.2) is 4.79 Å². The minimum absolute atomic E-state index is 0.321. The number of nitrogens with one attached hydrogen (secondary N) is 2. The molecule has 0 radical (unpaired) electrons. The van der Waals surface area contributed by atoms with E-state index in [1.54, 1.807) is 18.2 Å². The molecule has 1 aromatic rings. The van der Waals surface area contributed by atoms with Gasteiger partial charge in [0, 0.05) is 10.7 Å². The Morgan fingerprint density at radius 1 is 1.30 bits per heavy atom. The second-order valence-electron chi connectivity index (χ2n) is 5.62. The van der Waals surface area contributed by atoms with Gasteiger partial charge in [-0.2, -0.15) is 0 Å². The molecule has 0 saturated carbocycles. The van der Waals surface area contributed by atoms with Crippen LogP contribution in [0, 0.1) is 6.92 Å². The molecule has 0 bridgehead atoms. The standard InChI is InChI=1S/C16H20ClN3O3/c1-4-16(5-2)14(22)20(15(23)19-16)9-13(21)18-12-8-11(17)7-6-10(12)3/h6-8H,4-5,9H2,1-3H3,(H,18,21)(H,19,23). The number of rotatable bonds is 5. The van der Waals surface area contributed by atoms with E-state index in [1.165, 1.54) is 0 Å². The molecule has 4 amide bonds. The second-order valence-corrected chi connectivity index (χ2v) is 6.05. The van der Waals surface area contributed by atoms with Gasteiger partial charge in [0.2, 0.25) is 5.91 Å². The van der Waals surface area contributed by atoms with Gasteiger partial charge in [-0.1, -0.05) is 31.5 Å². The monoisotopic (exact) mass is 337 g/mol. The van der Waals surface area contributed by atoms with Crippen LogP contribution in [0.4, 0.5) is 10.5 Å². The first-order chi connectivity index (χ1) is 10.8. The van der Waals surface area contributed by atoms with Gasteiger partial charge in [0.15, 0.2) is 0 Å². The summed E-state index contributed by atoms with van der Waals surface area (Å²) in [6, 6.07) is 4.60. The van der Waals surface area contributed by atoms with Gasteiger partial charge in [0.25, 0.3) is 5.91 Å². The third kappa shape index (κ3) is 3.32. The number of benzene rings is 1. The van der Waals surface area contributed by atoms with E-state index in [4.69, 9.17) is 11.6 Å². The molecule has 0 spiro atoms. The zero-order valence-corrected chi connectivity index (χ0v) is 14.2. The topological polar surface area (TPSA) is 78.5 Å². The normalized spacial score (nSPS) is 16.4. The lowest BCUT2D eigenvalue weighted by molar-refractivity contribution is -0.134. The maximum Gasteiger partial charge on any atom is 0.325 e. The van der Waals surface area contributed by atoms with E-state index in [0.717, 1.165) is 10.5 Å². The summed E-state index contributed by atoms with van der Waals surface area (Å²) in [4.78, 5) is 37.6. The minimum atomic E-state index is -0.899. The Morgan fingerprint density at radius 2 is 1.96 bits per heavy atom. The number of hydrogen-bond acceptors (Lipinski definition) is 3. The van der Waals surface area contributed by atoms with E-state index < -0.39 is 17.5 Å². The van der Waals surface area contributed by atoms with Gasteiger partial charge in [-0.05, 0) is 37.5 Å². The number of amides is 4. The zero-order valence-electron chi connectivity index (χ0n) is 13.4. The minimum Gasteiger partial charge on any atom is -0.324 e. The Bertz CT molecular complexity index is 656. The summed E-state index contributed by atoms with van der Waals surface area (Å²) in [5, 5.41) is 5.87. The average Bonchev–Trinajstić information content (AvgIpc) is 2.75. The quantitative estimate of drug-likeness (QED) is 0.811. The summed E-state index contributed by atoms with van der Waals surface area (Å²) in [6.07, 6.45) is 0.971. The molecule has 0 atom stereocenters. The number of carbonyl (C=O) groups is 3. The van der Waals surface area contributed by atoms with Crippen molar-refractivity contribution in [2.45, 2.75) is 39.2 Å². The number of urea groups is 1. The molecule has 1 fully saturated rings. The highest BCUT2D eigenvalue weighted by molar-refractivity contribution is 6.31. The Hall–Kier alpha value is -2.08. The van der Waals surface area contributed by atoms with Crippen LogP contribution < -0.4 is 10.6 Å². The number of halogens is 1. The Morgan fingerprint density at radius 3 is 2.52 bits per heavy atom. The summed E-state index contributed by atoms with van der Waals surface area (Å²) in [7, 11) is 0. The number of nitrogens with zero attached hydrogens (tertiary/aromatic N) is 1. The van der Waals surface area contributed by atoms with Gasteiger partial charge < -0.3 is 10.6 Å².